The van der Waals surface area contributed by atoms with Crippen molar-refractivity contribution in [3.63, 3.8) is 0 Å². The summed E-state index contributed by atoms with van der Waals surface area (Å²) in [5.41, 5.74) is 0.299. The minimum Gasteiger partial charge on any atom is -0.468 e. The lowest BCUT2D eigenvalue weighted by Crippen LogP contribution is -2.58. The lowest BCUT2D eigenvalue weighted by molar-refractivity contribution is -0.150. The predicted molar refractivity (Wildman–Crippen MR) is 82.4 cm³/mol. The summed E-state index contributed by atoms with van der Waals surface area (Å²) in [6.45, 7) is 6.02. The minimum absolute atomic E-state index is 0.162. The van der Waals surface area contributed by atoms with E-state index in [1.165, 1.54) is 7.11 Å². The topological polar surface area (TPSA) is 64.4 Å². The number of nitrogens with zero attached hydrogens (tertiary/aromatic N) is 1. The van der Waals surface area contributed by atoms with Crippen molar-refractivity contribution in [2.75, 3.05) is 7.11 Å². The van der Waals surface area contributed by atoms with Crippen LogP contribution in [0.15, 0.2) is 15.9 Å². The summed E-state index contributed by atoms with van der Waals surface area (Å²) in [7, 11) is 1.46. The molecule has 1 aliphatic carbocycles. The number of oxazole rings is 1. The fourth-order valence-electron chi connectivity index (χ4n) is 2.98. The second-order valence-corrected chi connectivity index (χ2v) is 7.22. The lowest BCUT2D eigenvalue weighted by atomic mass is 9.81. The van der Waals surface area contributed by atoms with Gasteiger partial charge < -0.3 is 9.15 Å². The Bertz CT molecular complexity index is 489. The molecule has 0 bridgehead atoms. The summed E-state index contributed by atoms with van der Waals surface area (Å²) in [4.78, 5) is 16.6. The van der Waals surface area contributed by atoms with E-state index in [0.29, 0.717) is 10.5 Å². The molecule has 1 N–H and O–H groups in total. The number of hydrogen-bond acceptors (Lipinski definition) is 6. The Balaban J connectivity index is 2.10. The summed E-state index contributed by atoms with van der Waals surface area (Å²) in [6.07, 6.45) is 5.27. The van der Waals surface area contributed by atoms with Crippen LogP contribution in [0.5, 0.6) is 0 Å². The fourth-order valence-corrected chi connectivity index (χ4v) is 4.22. The quantitative estimate of drug-likeness (QED) is 0.843. The van der Waals surface area contributed by atoms with Crippen molar-refractivity contribution < 1.29 is 13.9 Å². The van der Waals surface area contributed by atoms with Gasteiger partial charge in [-0.05, 0) is 46.5 Å². The van der Waals surface area contributed by atoms with Crippen LogP contribution >= 0.6 is 11.8 Å². The molecule has 1 fully saturated rings. The van der Waals surface area contributed by atoms with Crippen molar-refractivity contribution in [1.82, 2.24) is 10.3 Å². The largest absolute Gasteiger partial charge is 0.468 e. The molecule has 6 heteroatoms. The van der Waals surface area contributed by atoms with E-state index in [2.05, 4.69) is 24.1 Å². The van der Waals surface area contributed by atoms with Gasteiger partial charge in [-0.1, -0.05) is 11.8 Å². The number of rotatable bonds is 5. The Morgan fingerprint density at radius 1 is 1.62 bits per heavy atom. The Kier molecular flexibility index (Phi) is 5.32. The van der Waals surface area contributed by atoms with Crippen LogP contribution < -0.4 is 5.32 Å². The fraction of sp³-hybridized carbons (Fsp3) is 0.733. The van der Waals surface area contributed by atoms with Crippen LogP contribution in [-0.2, 0) is 9.53 Å². The normalized spacial score (nSPS) is 26.0. The Hall–Kier alpha value is -1.01. The van der Waals surface area contributed by atoms with Crippen molar-refractivity contribution >= 4 is 17.7 Å². The molecule has 1 aromatic rings. The van der Waals surface area contributed by atoms with Crippen molar-refractivity contribution in [2.24, 2.45) is 0 Å². The van der Waals surface area contributed by atoms with E-state index in [1.54, 1.807) is 18.0 Å². The Labute approximate surface area is 130 Å². The summed E-state index contributed by atoms with van der Waals surface area (Å²) < 4.78 is 10.5. The zero-order chi connectivity index (χ0) is 15.5. The third kappa shape index (κ3) is 4.01. The van der Waals surface area contributed by atoms with E-state index in [-0.39, 0.29) is 12.0 Å². The zero-order valence-electron chi connectivity index (χ0n) is 13.1. The molecular formula is C15H24N2O3S. The van der Waals surface area contributed by atoms with Crippen LogP contribution in [0, 0.1) is 6.92 Å². The maximum atomic E-state index is 12.3. The number of aromatic nitrogens is 1. The van der Waals surface area contributed by atoms with E-state index in [4.69, 9.17) is 9.15 Å². The molecule has 118 valence electrons. The maximum Gasteiger partial charge on any atom is 0.326 e. The van der Waals surface area contributed by atoms with Gasteiger partial charge in [0.2, 0.25) is 0 Å². The smallest absolute Gasteiger partial charge is 0.326 e. The molecule has 1 aromatic heterocycles. The summed E-state index contributed by atoms with van der Waals surface area (Å²) >= 11 is 1.62. The molecule has 0 aliphatic heterocycles. The first-order valence-electron chi connectivity index (χ1n) is 7.40. The van der Waals surface area contributed by atoms with E-state index < -0.39 is 5.54 Å². The van der Waals surface area contributed by atoms with Crippen molar-refractivity contribution in [3.8, 4) is 0 Å². The second-order valence-electron chi connectivity index (χ2n) is 5.96. The van der Waals surface area contributed by atoms with Gasteiger partial charge in [-0.15, -0.1) is 0 Å². The highest BCUT2D eigenvalue weighted by Gasteiger charge is 2.44. The molecule has 1 heterocycles. The number of hydrogen-bond donors (Lipinski definition) is 1. The summed E-state index contributed by atoms with van der Waals surface area (Å²) in [5, 5.41) is 4.42. The predicted octanol–water partition coefficient (Wildman–Crippen LogP) is 2.93. The molecule has 0 radical (unpaired) electrons. The van der Waals surface area contributed by atoms with Crippen LogP contribution in [-0.4, -0.2) is 34.9 Å². The first kappa shape index (κ1) is 16.4. The molecule has 2 atom stereocenters. The van der Waals surface area contributed by atoms with E-state index >= 15 is 0 Å². The van der Waals surface area contributed by atoms with Crippen LogP contribution in [0.4, 0.5) is 0 Å². The standard InChI is InChI=1S/C15H24N2O3S/c1-10(2)17-15(13(18)19-4)7-5-6-12(8-15)21-14-16-11(3)9-20-14/h9-10,12,17H,5-8H2,1-4H3. The molecule has 0 spiro atoms. The number of thioether (sulfide) groups is 1. The van der Waals surface area contributed by atoms with Gasteiger partial charge in [-0.25, -0.2) is 4.98 Å². The van der Waals surface area contributed by atoms with Gasteiger partial charge in [0, 0.05) is 11.3 Å². The molecular weight excluding hydrogens is 288 g/mol. The van der Waals surface area contributed by atoms with E-state index in [0.717, 1.165) is 31.4 Å². The number of aryl methyl sites for hydroxylation is 1. The van der Waals surface area contributed by atoms with E-state index in [9.17, 15) is 4.79 Å². The molecule has 1 aliphatic rings. The minimum atomic E-state index is -0.583. The highest BCUT2D eigenvalue weighted by Crippen LogP contribution is 2.38. The van der Waals surface area contributed by atoms with Gasteiger partial charge in [-0.3, -0.25) is 10.1 Å². The highest BCUT2D eigenvalue weighted by molar-refractivity contribution is 7.99. The van der Waals surface area contributed by atoms with Crippen LogP contribution in [0.1, 0.15) is 45.2 Å². The number of esters is 1. The second kappa shape index (κ2) is 6.83. The van der Waals surface area contributed by atoms with Crippen molar-refractivity contribution in [3.05, 3.63) is 12.0 Å². The van der Waals surface area contributed by atoms with E-state index in [1.807, 2.05) is 6.92 Å². The first-order valence-corrected chi connectivity index (χ1v) is 8.28. The molecule has 0 amide bonds. The van der Waals surface area contributed by atoms with Gasteiger partial charge in [-0.2, -0.15) is 0 Å². The number of ether oxygens (including phenoxy) is 1. The first-order chi connectivity index (χ1) is 9.95. The molecule has 1 saturated carbocycles. The molecule has 5 nitrogen and oxygen atoms in total. The van der Waals surface area contributed by atoms with Crippen molar-refractivity contribution in [1.29, 1.82) is 0 Å². The molecule has 21 heavy (non-hydrogen) atoms. The highest BCUT2D eigenvalue weighted by atomic mass is 32.2. The summed E-state index contributed by atoms with van der Waals surface area (Å²) in [6, 6.07) is 0.233. The Morgan fingerprint density at radius 2 is 2.38 bits per heavy atom. The van der Waals surface area contributed by atoms with Crippen LogP contribution in [0.2, 0.25) is 0 Å². The van der Waals surface area contributed by atoms with Crippen molar-refractivity contribution in [2.45, 2.75) is 68.5 Å². The average Bonchev–Trinajstić information content (AvgIpc) is 2.82. The third-order valence-corrected chi connectivity index (χ3v) is 4.84. The number of carbonyl (C=O) groups excluding carboxylic acids is 1. The average molecular weight is 312 g/mol. The van der Waals surface area contributed by atoms with Gasteiger partial charge in [0.15, 0.2) is 0 Å². The number of carbonyl (C=O) groups is 1. The van der Waals surface area contributed by atoms with Gasteiger partial charge in [0.25, 0.3) is 5.22 Å². The van der Waals surface area contributed by atoms with Gasteiger partial charge in [0.05, 0.1) is 12.8 Å². The number of nitrogens with one attached hydrogen (secondary N) is 1. The van der Waals surface area contributed by atoms with Crippen LogP contribution in [0.3, 0.4) is 0 Å². The maximum absolute atomic E-state index is 12.3. The SMILES string of the molecule is COC(=O)C1(NC(C)C)CCCC(Sc2nc(C)co2)C1. The monoisotopic (exact) mass is 312 g/mol. The molecule has 0 saturated heterocycles. The molecule has 2 unspecified atom stereocenters. The molecule has 0 aromatic carbocycles. The number of methoxy groups -OCH3 is 1. The van der Waals surface area contributed by atoms with Crippen LogP contribution in [0.25, 0.3) is 0 Å². The van der Waals surface area contributed by atoms with Gasteiger partial charge >= 0.3 is 5.97 Å². The third-order valence-electron chi connectivity index (χ3n) is 3.71. The Morgan fingerprint density at radius 3 is 2.95 bits per heavy atom. The zero-order valence-corrected chi connectivity index (χ0v) is 14.0. The lowest BCUT2D eigenvalue weighted by Gasteiger charge is -2.40. The summed E-state index contributed by atoms with van der Waals surface area (Å²) in [5.74, 6) is -0.162. The molecule has 2 rings (SSSR count). The van der Waals surface area contributed by atoms with Gasteiger partial charge in [0.1, 0.15) is 11.8 Å².